The molecule has 0 radical (unpaired) electrons. The number of halogens is 1. The van der Waals surface area contributed by atoms with Crippen LogP contribution in [0, 0.1) is 6.92 Å². The van der Waals surface area contributed by atoms with Gasteiger partial charge in [-0.15, -0.1) is 0 Å². The van der Waals surface area contributed by atoms with E-state index in [1.807, 2.05) is 31.2 Å². The van der Waals surface area contributed by atoms with Gasteiger partial charge >= 0.3 is 0 Å². The first-order valence-corrected chi connectivity index (χ1v) is 11.5. The number of sulfone groups is 1. The zero-order chi connectivity index (χ0) is 21.0. The fourth-order valence-electron chi connectivity index (χ4n) is 3.34. The van der Waals surface area contributed by atoms with Crippen LogP contribution in [0.5, 0.6) is 11.5 Å². The summed E-state index contributed by atoms with van der Waals surface area (Å²) in [5.74, 6) is 1.03. The van der Waals surface area contributed by atoms with E-state index in [0.717, 1.165) is 11.1 Å². The summed E-state index contributed by atoms with van der Waals surface area (Å²) in [6.07, 6.45) is 0.429. The molecule has 156 valence electrons. The van der Waals surface area contributed by atoms with Gasteiger partial charge in [0.15, 0.2) is 16.4 Å². The Balaban J connectivity index is 1.76. The van der Waals surface area contributed by atoms with E-state index in [4.69, 9.17) is 21.1 Å². The highest BCUT2D eigenvalue weighted by atomic mass is 35.5. The first kappa shape index (κ1) is 21.5. The summed E-state index contributed by atoms with van der Waals surface area (Å²) >= 11 is 6.02. The number of benzene rings is 2. The molecule has 6 nitrogen and oxygen atoms in total. The van der Waals surface area contributed by atoms with Gasteiger partial charge in [-0.1, -0.05) is 23.7 Å². The number of rotatable bonds is 7. The Morgan fingerprint density at radius 3 is 2.66 bits per heavy atom. The van der Waals surface area contributed by atoms with Crippen molar-refractivity contribution in [1.82, 2.24) is 4.90 Å². The van der Waals surface area contributed by atoms with Crippen LogP contribution in [0.3, 0.4) is 0 Å². The summed E-state index contributed by atoms with van der Waals surface area (Å²) in [5, 5.41) is 0.625. The molecule has 0 saturated carbocycles. The summed E-state index contributed by atoms with van der Waals surface area (Å²) in [5.41, 5.74) is 1.72. The monoisotopic (exact) mass is 437 g/mol. The first-order chi connectivity index (χ1) is 13.8. The van der Waals surface area contributed by atoms with E-state index < -0.39 is 9.84 Å². The number of ether oxygens (including phenoxy) is 2. The number of methoxy groups -OCH3 is 1. The van der Waals surface area contributed by atoms with Gasteiger partial charge in [-0.2, -0.15) is 0 Å². The molecule has 0 aromatic heterocycles. The minimum absolute atomic E-state index is 0.0250. The van der Waals surface area contributed by atoms with Gasteiger partial charge in [-0.3, -0.25) is 4.79 Å². The summed E-state index contributed by atoms with van der Waals surface area (Å²) < 4.78 is 34.8. The summed E-state index contributed by atoms with van der Waals surface area (Å²) in [4.78, 5) is 14.6. The topological polar surface area (TPSA) is 72.9 Å². The summed E-state index contributed by atoms with van der Waals surface area (Å²) in [6, 6.07) is 12.2. The lowest BCUT2D eigenvalue weighted by atomic mass is 10.1. The lowest BCUT2D eigenvalue weighted by molar-refractivity contribution is -0.136. The molecule has 1 atom stereocenters. The van der Waals surface area contributed by atoms with Crippen LogP contribution in [0.4, 0.5) is 0 Å². The Labute approximate surface area is 176 Å². The Bertz CT molecular complexity index is 992. The second-order valence-electron chi connectivity index (χ2n) is 7.13. The van der Waals surface area contributed by atoms with E-state index in [2.05, 4.69) is 0 Å². The number of carbonyl (C=O) groups excluding carboxylic acids is 1. The van der Waals surface area contributed by atoms with Crippen molar-refractivity contribution < 1.29 is 22.7 Å². The number of amides is 1. The highest BCUT2D eigenvalue weighted by Crippen LogP contribution is 2.24. The average Bonchev–Trinajstić information content (AvgIpc) is 3.06. The van der Waals surface area contributed by atoms with Crippen LogP contribution < -0.4 is 9.47 Å². The smallest absolute Gasteiger partial charge is 0.261 e. The molecule has 1 amide bonds. The molecule has 1 unspecified atom stereocenters. The molecule has 1 aliphatic heterocycles. The van der Waals surface area contributed by atoms with Gasteiger partial charge < -0.3 is 14.4 Å². The van der Waals surface area contributed by atoms with E-state index in [-0.39, 0.29) is 30.1 Å². The Kier molecular flexibility index (Phi) is 6.70. The van der Waals surface area contributed by atoms with Crippen LogP contribution in [0.2, 0.25) is 5.02 Å². The van der Waals surface area contributed by atoms with Crippen molar-refractivity contribution in [2.45, 2.75) is 25.9 Å². The van der Waals surface area contributed by atoms with Gasteiger partial charge in [0.2, 0.25) is 0 Å². The Hall–Kier alpha value is -2.25. The Morgan fingerprint density at radius 2 is 2.00 bits per heavy atom. The van der Waals surface area contributed by atoms with Gasteiger partial charge in [0, 0.05) is 17.6 Å². The van der Waals surface area contributed by atoms with Gasteiger partial charge in [-0.25, -0.2) is 8.42 Å². The maximum absolute atomic E-state index is 13.0. The minimum atomic E-state index is -3.13. The number of carbonyl (C=O) groups is 1. The van der Waals surface area contributed by atoms with Crippen molar-refractivity contribution in [3.8, 4) is 11.5 Å². The predicted octanol–water partition coefficient (Wildman–Crippen LogP) is 3.25. The fraction of sp³-hybridized carbons (Fsp3) is 0.381. The lowest BCUT2D eigenvalue weighted by Crippen LogP contribution is -2.43. The van der Waals surface area contributed by atoms with Crippen LogP contribution in [0.15, 0.2) is 42.5 Å². The molecule has 3 rings (SSSR count). The minimum Gasteiger partial charge on any atom is -0.497 e. The zero-order valence-electron chi connectivity index (χ0n) is 16.4. The molecule has 1 saturated heterocycles. The second kappa shape index (κ2) is 9.05. The molecule has 2 aromatic rings. The molecular weight excluding hydrogens is 414 g/mol. The molecule has 2 aromatic carbocycles. The SMILES string of the molecule is COc1cccc(CN(C(=O)COc2ccc(Cl)c(C)c2)C2CCS(=O)(=O)C2)c1. The second-order valence-corrected chi connectivity index (χ2v) is 9.77. The third kappa shape index (κ3) is 5.64. The third-order valence-electron chi connectivity index (χ3n) is 4.95. The molecule has 8 heteroatoms. The Morgan fingerprint density at radius 1 is 1.21 bits per heavy atom. The largest absolute Gasteiger partial charge is 0.497 e. The number of nitrogens with zero attached hydrogens (tertiary/aromatic N) is 1. The predicted molar refractivity (Wildman–Crippen MR) is 112 cm³/mol. The number of aryl methyl sites for hydroxylation is 1. The van der Waals surface area contributed by atoms with Gasteiger partial charge in [0.05, 0.1) is 18.6 Å². The zero-order valence-corrected chi connectivity index (χ0v) is 18.0. The van der Waals surface area contributed by atoms with Crippen LogP contribution in [-0.2, 0) is 21.2 Å². The van der Waals surface area contributed by atoms with Crippen molar-refractivity contribution in [2.75, 3.05) is 25.2 Å². The van der Waals surface area contributed by atoms with E-state index >= 15 is 0 Å². The highest BCUT2D eigenvalue weighted by molar-refractivity contribution is 7.91. The summed E-state index contributed by atoms with van der Waals surface area (Å²) in [7, 11) is -1.55. The van der Waals surface area contributed by atoms with Crippen molar-refractivity contribution in [1.29, 1.82) is 0 Å². The molecule has 0 bridgehead atoms. The molecular formula is C21H24ClNO5S. The number of hydrogen-bond acceptors (Lipinski definition) is 5. The standard InChI is InChI=1S/C21H24ClNO5S/c1-15-10-19(6-7-20(15)22)28-13-21(24)23(17-8-9-29(25,26)14-17)12-16-4-3-5-18(11-16)27-2/h3-7,10-11,17H,8-9,12-14H2,1-2H3. The van der Waals surface area contributed by atoms with Crippen molar-refractivity contribution >= 4 is 27.3 Å². The molecule has 1 fully saturated rings. The quantitative estimate of drug-likeness (QED) is 0.664. The average molecular weight is 438 g/mol. The van der Waals surface area contributed by atoms with E-state index in [9.17, 15) is 13.2 Å². The van der Waals surface area contributed by atoms with Crippen LogP contribution in [0.25, 0.3) is 0 Å². The van der Waals surface area contributed by atoms with E-state index in [1.54, 1.807) is 30.2 Å². The van der Waals surface area contributed by atoms with Crippen LogP contribution in [-0.4, -0.2) is 50.5 Å². The van der Waals surface area contributed by atoms with Crippen LogP contribution in [0.1, 0.15) is 17.5 Å². The van der Waals surface area contributed by atoms with E-state index in [1.165, 1.54) is 0 Å². The maximum atomic E-state index is 13.0. The molecule has 1 aliphatic rings. The van der Waals surface area contributed by atoms with Crippen LogP contribution >= 0.6 is 11.6 Å². The summed E-state index contributed by atoms with van der Waals surface area (Å²) in [6.45, 7) is 1.97. The lowest BCUT2D eigenvalue weighted by Gasteiger charge is -2.28. The van der Waals surface area contributed by atoms with Crippen molar-refractivity contribution in [2.24, 2.45) is 0 Å². The highest BCUT2D eigenvalue weighted by Gasteiger charge is 2.34. The molecule has 0 N–H and O–H groups in total. The normalized spacial score (nSPS) is 17.7. The van der Waals surface area contributed by atoms with Gasteiger partial charge in [0.25, 0.3) is 5.91 Å². The van der Waals surface area contributed by atoms with Crippen molar-refractivity contribution in [3.63, 3.8) is 0 Å². The van der Waals surface area contributed by atoms with E-state index in [0.29, 0.717) is 29.5 Å². The van der Waals surface area contributed by atoms with Gasteiger partial charge in [0.1, 0.15) is 11.5 Å². The van der Waals surface area contributed by atoms with Crippen molar-refractivity contribution in [3.05, 3.63) is 58.6 Å². The molecule has 0 aliphatic carbocycles. The number of hydrogen-bond donors (Lipinski definition) is 0. The fourth-order valence-corrected chi connectivity index (χ4v) is 5.19. The third-order valence-corrected chi connectivity index (χ3v) is 7.12. The first-order valence-electron chi connectivity index (χ1n) is 9.29. The molecule has 29 heavy (non-hydrogen) atoms. The van der Waals surface area contributed by atoms with Gasteiger partial charge in [-0.05, 0) is 54.8 Å². The molecule has 0 spiro atoms. The maximum Gasteiger partial charge on any atom is 0.261 e. The molecule has 1 heterocycles.